The molecular weight excluding hydrogens is 326 g/mol. The Kier molecular flexibility index (Phi) is 3.01. The van der Waals surface area contributed by atoms with Crippen LogP contribution in [0.4, 0.5) is 5.82 Å². The summed E-state index contributed by atoms with van der Waals surface area (Å²) in [7, 11) is 0. The molecule has 3 unspecified atom stereocenters. The number of imidazole rings is 1. The summed E-state index contributed by atoms with van der Waals surface area (Å²) >= 11 is 0. The third-order valence-electron chi connectivity index (χ3n) is 5.47. The lowest BCUT2D eigenvalue weighted by molar-refractivity contribution is -0.246. The lowest BCUT2D eigenvalue weighted by Crippen LogP contribution is -2.54. The highest BCUT2D eigenvalue weighted by Crippen LogP contribution is 2.57. The van der Waals surface area contributed by atoms with Gasteiger partial charge in [-0.25, -0.2) is 15.0 Å². The van der Waals surface area contributed by atoms with Crippen LogP contribution in [0.1, 0.15) is 32.9 Å². The lowest BCUT2D eigenvalue weighted by Gasteiger charge is -2.46. The van der Waals surface area contributed by atoms with Crippen molar-refractivity contribution in [3.05, 3.63) is 12.7 Å². The van der Waals surface area contributed by atoms with Crippen LogP contribution in [0.3, 0.4) is 0 Å². The van der Waals surface area contributed by atoms with Gasteiger partial charge < -0.3 is 25.1 Å². The van der Waals surface area contributed by atoms with Crippen molar-refractivity contribution in [3.63, 3.8) is 0 Å². The minimum Gasteiger partial charge on any atom is -0.396 e. The molecule has 0 bridgehead atoms. The van der Waals surface area contributed by atoms with Crippen LogP contribution in [-0.2, 0) is 14.2 Å². The molecule has 9 nitrogen and oxygen atoms in total. The van der Waals surface area contributed by atoms with Gasteiger partial charge in [-0.1, -0.05) is 0 Å². The molecule has 2 aliphatic heterocycles. The second kappa shape index (κ2) is 4.88. The van der Waals surface area contributed by atoms with Gasteiger partial charge in [0.05, 0.1) is 6.33 Å². The Morgan fingerprint density at radius 3 is 2.80 bits per heavy atom. The molecule has 0 aromatic carbocycles. The predicted octanol–water partition coefficient (Wildman–Crippen LogP) is 0.599. The van der Waals surface area contributed by atoms with Gasteiger partial charge in [0.25, 0.3) is 0 Å². The zero-order chi connectivity index (χ0) is 17.4. The number of rotatable bonds is 2. The number of fused-ring (bicyclic) bond motifs is 3. The number of hydrogen-bond acceptors (Lipinski definition) is 8. The largest absolute Gasteiger partial charge is 0.396 e. The topological polar surface area (TPSA) is 118 Å². The van der Waals surface area contributed by atoms with Crippen molar-refractivity contribution in [1.29, 1.82) is 0 Å². The van der Waals surface area contributed by atoms with Crippen molar-refractivity contribution in [2.24, 2.45) is 5.92 Å². The fourth-order valence-corrected chi connectivity index (χ4v) is 4.43. The first kappa shape index (κ1) is 15.4. The van der Waals surface area contributed by atoms with Gasteiger partial charge in [0.2, 0.25) is 0 Å². The Labute approximate surface area is 144 Å². The molecule has 5 rings (SSSR count). The molecule has 134 valence electrons. The van der Waals surface area contributed by atoms with E-state index < -0.39 is 17.6 Å². The summed E-state index contributed by atoms with van der Waals surface area (Å²) in [6, 6.07) is 0. The van der Waals surface area contributed by atoms with E-state index >= 15 is 0 Å². The maximum atomic E-state index is 9.42. The Balaban J connectivity index is 1.56. The molecule has 0 amide bonds. The first-order valence-electron chi connectivity index (χ1n) is 8.50. The van der Waals surface area contributed by atoms with Crippen molar-refractivity contribution in [2.45, 2.75) is 56.5 Å². The third kappa shape index (κ3) is 2.06. The Morgan fingerprint density at radius 2 is 2.04 bits per heavy atom. The smallest absolute Gasteiger partial charge is 0.167 e. The maximum absolute atomic E-state index is 9.42. The normalized spacial score (nSPS) is 39.0. The van der Waals surface area contributed by atoms with Gasteiger partial charge in [-0.15, -0.1) is 0 Å². The SMILES string of the molecule is CC1(C)OC2C(n3cnc4c(N)ncnc43)OC3(CC(CO)C3)C2O1. The number of hydrogen-bond donors (Lipinski definition) is 2. The van der Waals surface area contributed by atoms with E-state index in [1.54, 1.807) is 6.33 Å². The molecule has 3 N–H and O–H groups in total. The van der Waals surface area contributed by atoms with Crippen molar-refractivity contribution in [1.82, 2.24) is 19.5 Å². The van der Waals surface area contributed by atoms with Crippen LogP contribution in [-0.4, -0.2) is 54.8 Å². The van der Waals surface area contributed by atoms with E-state index in [-0.39, 0.29) is 24.7 Å². The molecule has 4 heterocycles. The van der Waals surface area contributed by atoms with Gasteiger partial charge >= 0.3 is 0 Å². The molecule has 3 aliphatic rings. The quantitative estimate of drug-likeness (QED) is 0.811. The third-order valence-corrected chi connectivity index (χ3v) is 5.47. The highest BCUT2D eigenvalue weighted by molar-refractivity contribution is 5.81. The fraction of sp³-hybridized carbons (Fsp3) is 0.688. The number of nitrogens with two attached hydrogens (primary N) is 1. The summed E-state index contributed by atoms with van der Waals surface area (Å²) in [5, 5.41) is 9.42. The van der Waals surface area contributed by atoms with Gasteiger partial charge in [-0.2, -0.15) is 0 Å². The van der Waals surface area contributed by atoms with E-state index in [0.717, 1.165) is 12.8 Å². The Bertz CT molecular complexity index is 831. The number of nitrogen functional groups attached to an aromatic ring is 1. The molecule has 1 saturated carbocycles. The number of ether oxygens (including phenoxy) is 3. The minimum absolute atomic E-state index is 0.162. The fourth-order valence-electron chi connectivity index (χ4n) is 4.43. The molecular formula is C16H21N5O4. The van der Waals surface area contributed by atoms with Gasteiger partial charge in [0.15, 0.2) is 23.5 Å². The van der Waals surface area contributed by atoms with E-state index in [9.17, 15) is 5.11 Å². The van der Waals surface area contributed by atoms with Crippen LogP contribution >= 0.6 is 0 Å². The Hall–Kier alpha value is -1.81. The highest BCUT2D eigenvalue weighted by Gasteiger charge is 2.67. The van der Waals surface area contributed by atoms with Crippen LogP contribution in [0.15, 0.2) is 12.7 Å². The van der Waals surface area contributed by atoms with Crippen LogP contribution < -0.4 is 5.73 Å². The maximum Gasteiger partial charge on any atom is 0.167 e. The van der Waals surface area contributed by atoms with Gasteiger partial charge in [-0.3, -0.25) is 4.57 Å². The lowest BCUT2D eigenvalue weighted by atomic mass is 9.68. The highest BCUT2D eigenvalue weighted by atomic mass is 16.8. The van der Waals surface area contributed by atoms with Crippen molar-refractivity contribution < 1.29 is 19.3 Å². The molecule has 1 aliphatic carbocycles. The number of aliphatic hydroxyl groups excluding tert-OH is 1. The summed E-state index contributed by atoms with van der Waals surface area (Å²) < 4.78 is 20.6. The van der Waals surface area contributed by atoms with E-state index in [2.05, 4.69) is 15.0 Å². The molecule has 9 heteroatoms. The summed E-state index contributed by atoms with van der Waals surface area (Å²) in [5.74, 6) is -0.107. The molecule has 2 saturated heterocycles. The second-order valence-electron chi connectivity index (χ2n) is 7.63. The number of nitrogens with zero attached hydrogens (tertiary/aromatic N) is 4. The molecule has 3 atom stereocenters. The average Bonchev–Trinajstić information content (AvgIpc) is 3.16. The van der Waals surface area contributed by atoms with Crippen molar-refractivity contribution >= 4 is 17.0 Å². The molecule has 2 aromatic rings. The van der Waals surface area contributed by atoms with Gasteiger partial charge in [0, 0.05) is 6.61 Å². The van der Waals surface area contributed by atoms with Crippen LogP contribution in [0, 0.1) is 5.92 Å². The van der Waals surface area contributed by atoms with Crippen LogP contribution in [0.2, 0.25) is 0 Å². The summed E-state index contributed by atoms with van der Waals surface area (Å²) in [4.78, 5) is 12.6. The van der Waals surface area contributed by atoms with E-state index in [0.29, 0.717) is 17.0 Å². The summed E-state index contributed by atoms with van der Waals surface area (Å²) in [6.45, 7) is 3.98. The molecule has 0 radical (unpaired) electrons. The summed E-state index contributed by atoms with van der Waals surface area (Å²) in [6.07, 6.45) is 3.71. The Morgan fingerprint density at radius 1 is 1.24 bits per heavy atom. The van der Waals surface area contributed by atoms with Crippen LogP contribution in [0.5, 0.6) is 0 Å². The van der Waals surface area contributed by atoms with Gasteiger partial charge in [0.1, 0.15) is 29.7 Å². The zero-order valence-electron chi connectivity index (χ0n) is 14.1. The number of aliphatic hydroxyl groups is 1. The van der Waals surface area contributed by atoms with E-state index in [4.69, 9.17) is 19.9 Å². The molecule has 3 fully saturated rings. The standard InChI is InChI=1S/C16H21N5O4/c1-15(2)23-10-11(24-15)16(3-8(4-16)5-22)25-14(10)21-7-20-9-12(17)18-6-19-13(9)21/h6-8,10-11,14,22H,3-5H2,1-2H3,(H2,17,18,19). The monoisotopic (exact) mass is 347 g/mol. The van der Waals surface area contributed by atoms with Crippen LogP contribution in [0.25, 0.3) is 11.2 Å². The first-order chi connectivity index (χ1) is 11.9. The molecule has 2 aromatic heterocycles. The first-order valence-corrected chi connectivity index (χ1v) is 8.50. The predicted molar refractivity (Wildman–Crippen MR) is 86.2 cm³/mol. The molecule has 1 spiro atoms. The van der Waals surface area contributed by atoms with Crippen molar-refractivity contribution in [3.8, 4) is 0 Å². The zero-order valence-corrected chi connectivity index (χ0v) is 14.1. The van der Waals surface area contributed by atoms with Crippen molar-refractivity contribution in [2.75, 3.05) is 12.3 Å². The van der Waals surface area contributed by atoms with E-state index in [1.165, 1.54) is 6.33 Å². The second-order valence-corrected chi connectivity index (χ2v) is 7.63. The number of aromatic nitrogens is 4. The minimum atomic E-state index is -0.681. The summed E-state index contributed by atoms with van der Waals surface area (Å²) in [5.41, 5.74) is 6.61. The average molecular weight is 347 g/mol. The van der Waals surface area contributed by atoms with Gasteiger partial charge in [-0.05, 0) is 32.6 Å². The van der Waals surface area contributed by atoms with E-state index in [1.807, 2.05) is 18.4 Å². The number of anilines is 1. The molecule has 25 heavy (non-hydrogen) atoms.